The molecule has 1 unspecified atom stereocenters. The van der Waals surface area contributed by atoms with Gasteiger partial charge >= 0.3 is 6.18 Å². The highest BCUT2D eigenvalue weighted by molar-refractivity contribution is 6.35. The molecule has 3 aromatic rings. The van der Waals surface area contributed by atoms with Crippen molar-refractivity contribution in [1.82, 2.24) is 0 Å². The number of amides is 1. The van der Waals surface area contributed by atoms with Crippen LogP contribution in [0.15, 0.2) is 52.8 Å². The van der Waals surface area contributed by atoms with Gasteiger partial charge in [-0.15, -0.1) is 0 Å². The van der Waals surface area contributed by atoms with Crippen LogP contribution in [0.5, 0.6) is 0 Å². The number of rotatable bonds is 8. The summed E-state index contributed by atoms with van der Waals surface area (Å²) in [4.78, 5) is 23.0. The number of oxime groups is 2. The Labute approximate surface area is 236 Å². The zero-order chi connectivity index (χ0) is 28.7. The summed E-state index contributed by atoms with van der Waals surface area (Å²) in [5, 5.41) is 7.54. The van der Waals surface area contributed by atoms with Gasteiger partial charge in [-0.05, 0) is 53.3 Å². The van der Waals surface area contributed by atoms with Gasteiger partial charge in [0.1, 0.15) is 6.61 Å². The summed E-state index contributed by atoms with van der Waals surface area (Å²) in [6.07, 6.45) is -0.767. The van der Waals surface area contributed by atoms with E-state index in [1.165, 1.54) is 12.6 Å². The topological polar surface area (TPSA) is 86.3 Å². The van der Waals surface area contributed by atoms with Crippen molar-refractivity contribution in [3.8, 4) is 0 Å². The summed E-state index contributed by atoms with van der Waals surface area (Å²) in [6.45, 7) is 0.493. The van der Waals surface area contributed by atoms with Gasteiger partial charge in [0.05, 0.1) is 21.3 Å². The maximum absolute atomic E-state index is 14.6. The highest BCUT2D eigenvalue weighted by Gasteiger charge is 2.62. The zero-order valence-electron chi connectivity index (χ0n) is 20.9. The number of alkyl halides is 3. The molecule has 1 aliphatic carbocycles. The van der Waals surface area contributed by atoms with E-state index in [0.717, 1.165) is 25.0 Å². The van der Waals surface area contributed by atoms with Crippen LogP contribution in [0.25, 0.3) is 10.8 Å². The van der Waals surface area contributed by atoms with E-state index in [0.29, 0.717) is 34.4 Å². The fourth-order valence-electron chi connectivity index (χ4n) is 4.96. The smallest absolute Gasteiger partial charge is 0.396 e. The molecule has 5 rings (SSSR count). The Morgan fingerprint density at radius 2 is 1.85 bits per heavy atom. The molecule has 0 aromatic heterocycles. The Balaban J connectivity index is 1.55. The molecule has 0 radical (unpaired) electrons. The van der Waals surface area contributed by atoms with Crippen LogP contribution < -0.4 is 5.73 Å². The monoisotopic (exact) mass is 595 g/mol. The van der Waals surface area contributed by atoms with E-state index in [2.05, 4.69) is 10.3 Å². The molecular weight excluding hydrogens is 573 g/mol. The molecule has 0 spiro atoms. The Kier molecular flexibility index (Phi) is 7.67. The first kappa shape index (κ1) is 28.2. The summed E-state index contributed by atoms with van der Waals surface area (Å²) >= 11 is 11.6. The molecule has 0 bridgehead atoms. The molecule has 1 saturated carbocycles. The highest BCUT2D eigenvalue weighted by Crippen LogP contribution is 2.50. The van der Waals surface area contributed by atoms with Crippen molar-refractivity contribution in [2.24, 2.45) is 22.0 Å². The van der Waals surface area contributed by atoms with Crippen LogP contribution in [0.1, 0.15) is 52.7 Å². The lowest BCUT2D eigenvalue weighted by molar-refractivity contribution is -0.275. The molecule has 6 nitrogen and oxygen atoms in total. The summed E-state index contributed by atoms with van der Waals surface area (Å²) < 4.78 is 57.7. The van der Waals surface area contributed by atoms with Crippen LogP contribution in [0.4, 0.5) is 17.6 Å². The second-order valence-electron chi connectivity index (χ2n) is 9.84. The van der Waals surface area contributed by atoms with E-state index < -0.39 is 45.5 Å². The van der Waals surface area contributed by atoms with E-state index in [4.69, 9.17) is 38.6 Å². The summed E-state index contributed by atoms with van der Waals surface area (Å²) in [5.74, 6) is -1.27. The van der Waals surface area contributed by atoms with Gasteiger partial charge in [-0.1, -0.05) is 64.2 Å². The molecule has 1 amide bonds. The maximum Gasteiger partial charge on any atom is 0.435 e. The van der Waals surface area contributed by atoms with E-state index in [9.17, 15) is 22.4 Å². The Morgan fingerprint density at radius 1 is 1.18 bits per heavy atom. The summed E-state index contributed by atoms with van der Waals surface area (Å²) in [5.41, 5.74) is 3.17. The normalized spacial score (nSPS) is 19.5. The standard InChI is InChI=1S/C28H23Cl2F4N3O3/c29-21-11-17(12-22(30)25(21)31)27(28(32,33)34)13-23(37-40-27)20-10-16(8-9-36-39-14-15-4-3-5-15)24(26(35)38)19-7-2-1-6-18(19)20/h1-2,6-7,9-12,15H,3-5,8,13-14H2,(H2,35,38). The lowest BCUT2D eigenvalue weighted by atomic mass is 9.84. The lowest BCUT2D eigenvalue weighted by Crippen LogP contribution is -2.42. The molecule has 12 heteroatoms. The van der Waals surface area contributed by atoms with Crippen LogP contribution in [0.3, 0.4) is 0 Å². The largest absolute Gasteiger partial charge is 0.435 e. The predicted octanol–water partition coefficient (Wildman–Crippen LogP) is 7.31. The Hall–Kier alpha value is -3.37. The molecule has 2 aliphatic rings. The number of benzene rings is 3. The van der Waals surface area contributed by atoms with Gasteiger partial charge in [0.15, 0.2) is 5.82 Å². The fourth-order valence-corrected chi connectivity index (χ4v) is 5.44. The van der Waals surface area contributed by atoms with E-state index in [-0.39, 0.29) is 17.7 Å². The summed E-state index contributed by atoms with van der Waals surface area (Å²) in [6, 6.07) is 9.88. The molecular formula is C28H23Cl2F4N3O3. The van der Waals surface area contributed by atoms with Crippen LogP contribution >= 0.6 is 23.2 Å². The third kappa shape index (κ3) is 5.10. The Bertz CT molecular complexity index is 1520. The second-order valence-corrected chi connectivity index (χ2v) is 10.7. The quantitative estimate of drug-likeness (QED) is 0.128. The highest BCUT2D eigenvalue weighted by atomic mass is 35.5. The van der Waals surface area contributed by atoms with Gasteiger partial charge < -0.3 is 15.4 Å². The molecule has 1 heterocycles. The molecule has 210 valence electrons. The van der Waals surface area contributed by atoms with Gasteiger partial charge in [-0.3, -0.25) is 4.79 Å². The van der Waals surface area contributed by atoms with Crippen molar-refractivity contribution in [3.63, 3.8) is 0 Å². The van der Waals surface area contributed by atoms with Crippen LogP contribution in [-0.4, -0.2) is 30.6 Å². The average molecular weight is 596 g/mol. The number of hydrogen-bond acceptors (Lipinski definition) is 5. The van der Waals surface area contributed by atoms with Gasteiger partial charge in [0.25, 0.3) is 5.60 Å². The first-order chi connectivity index (χ1) is 19.0. The minimum atomic E-state index is -4.97. The number of primary amides is 1. The van der Waals surface area contributed by atoms with E-state index >= 15 is 0 Å². The second kappa shape index (κ2) is 10.9. The number of carbonyl (C=O) groups is 1. The minimum Gasteiger partial charge on any atom is -0.396 e. The van der Waals surface area contributed by atoms with Crippen molar-refractivity contribution in [2.45, 2.75) is 43.9 Å². The van der Waals surface area contributed by atoms with Gasteiger partial charge in [-0.25, -0.2) is 4.39 Å². The fraction of sp³-hybridized carbons (Fsp3) is 0.321. The van der Waals surface area contributed by atoms with E-state index in [1.54, 1.807) is 30.3 Å². The van der Waals surface area contributed by atoms with Crippen molar-refractivity contribution >= 4 is 51.8 Å². The molecule has 1 aliphatic heterocycles. The van der Waals surface area contributed by atoms with Crippen LogP contribution in [-0.2, 0) is 21.7 Å². The van der Waals surface area contributed by atoms with Crippen LogP contribution in [0.2, 0.25) is 10.0 Å². The summed E-state index contributed by atoms with van der Waals surface area (Å²) in [7, 11) is 0. The minimum absolute atomic E-state index is 0.0412. The third-order valence-corrected chi connectivity index (χ3v) is 7.86. The van der Waals surface area contributed by atoms with Crippen LogP contribution in [0, 0.1) is 11.7 Å². The number of fused-ring (bicyclic) bond motifs is 1. The molecule has 1 atom stereocenters. The predicted molar refractivity (Wildman–Crippen MR) is 144 cm³/mol. The van der Waals surface area contributed by atoms with Gasteiger partial charge in [0.2, 0.25) is 5.91 Å². The number of nitrogens with zero attached hydrogens (tertiary/aromatic N) is 2. The zero-order valence-corrected chi connectivity index (χ0v) is 22.4. The first-order valence-electron chi connectivity index (χ1n) is 12.5. The lowest BCUT2D eigenvalue weighted by Gasteiger charge is -2.30. The first-order valence-corrected chi connectivity index (χ1v) is 13.2. The van der Waals surface area contributed by atoms with Crippen molar-refractivity contribution in [1.29, 1.82) is 0 Å². The number of halogens is 6. The molecule has 3 aromatic carbocycles. The number of hydrogen-bond donors (Lipinski definition) is 1. The number of carbonyl (C=O) groups excluding carboxylic acids is 1. The third-order valence-electron chi connectivity index (χ3n) is 7.31. The molecule has 0 saturated heterocycles. The van der Waals surface area contributed by atoms with Gasteiger partial charge in [0, 0.05) is 30.2 Å². The molecule has 40 heavy (non-hydrogen) atoms. The maximum atomic E-state index is 14.6. The SMILES string of the molecule is NC(=O)c1c(CC=NOCC2CCC2)cc(C2=NOC(c3cc(Cl)c(F)c(Cl)c3)(C(F)(F)F)C2)c2ccccc12. The number of nitrogens with two attached hydrogens (primary N) is 1. The van der Waals surface area contributed by atoms with Crippen molar-refractivity contribution in [2.75, 3.05) is 6.61 Å². The Morgan fingerprint density at radius 3 is 2.45 bits per heavy atom. The van der Waals surface area contributed by atoms with Gasteiger partial charge in [-0.2, -0.15) is 13.2 Å². The molecule has 2 N–H and O–H groups in total. The van der Waals surface area contributed by atoms with Crippen molar-refractivity contribution < 1.29 is 32.0 Å². The molecule has 1 fully saturated rings. The average Bonchev–Trinajstić information content (AvgIpc) is 3.34. The van der Waals surface area contributed by atoms with Crippen molar-refractivity contribution in [3.05, 3.63) is 80.6 Å². The van der Waals surface area contributed by atoms with E-state index in [1.807, 2.05) is 0 Å².